The molecule has 1 aromatic heterocycles. The van der Waals surface area contributed by atoms with E-state index < -0.39 is 5.41 Å². The molecule has 4 rings (SSSR count). The molecule has 0 unspecified atom stereocenters. The first-order valence-electron chi connectivity index (χ1n) is 9.66. The molecule has 6 nitrogen and oxygen atoms in total. The first-order valence-corrected chi connectivity index (χ1v) is 9.66. The minimum Gasteiger partial charge on any atom is -0.496 e. The lowest BCUT2D eigenvalue weighted by Crippen LogP contribution is -2.42. The van der Waals surface area contributed by atoms with Crippen LogP contribution in [-0.2, 0) is 10.2 Å². The normalized spacial score (nSPS) is 18.8. The van der Waals surface area contributed by atoms with Gasteiger partial charge in [-0.2, -0.15) is 0 Å². The van der Waals surface area contributed by atoms with Gasteiger partial charge in [-0.15, -0.1) is 0 Å². The van der Waals surface area contributed by atoms with Crippen LogP contribution in [0.4, 0.5) is 5.82 Å². The second kappa shape index (κ2) is 7.55. The van der Waals surface area contributed by atoms with E-state index in [-0.39, 0.29) is 5.91 Å². The van der Waals surface area contributed by atoms with E-state index in [1.165, 1.54) is 0 Å². The number of anilines is 1. The van der Waals surface area contributed by atoms with Gasteiger partial charge in [0.05, 0.1) is 18.7 Å². The summed E-state index contributed by atoms with van der Waals surface area (Å²) in [5, 5.41) is 3.22. The summed E-state index contributed by atoms with van der Waals surface area (Å²) >= 11 is 0. The van der Waals surface area contributed by atoms with E-state index in [0.29, 0.717) is 5.92 Å². The van der Waals surface area contributed by atoms with Crippen molar-refractivity contribution in [2.45, 2.75) is 31.1 Å². The number of carbonyl (C=O) groups is 1. The maximum Gasteiger partial charge on any atom is 0.230 e. The molecule has 2 fully saturated rings. The molecule has 2 aromatic rings. The lowest BCUT2D eigenvalue weighted by Gasteiger charge is -2.32. The molecule has 0 bridgehead atoms. The van der Waals surface area contributed by atoms with Crippen molar-refractivity contribution in [1.82, 2.24) is 15.3 Å². The summed E-state index contributed by atoms with van der Waals surface area (Å²) in [4.78, 5) is 23.7. The number of benzene rings is 1. The number of methoxy groups -OCH3 is 1. The Hall–Kier alpha value is -2.63. The Labute approximate surface area is 160 Å². The Balaban J connectivity index is 1.31. The van der Waals surface area contributed by atoms with Gasteiger partial charge >= 0.3 is 0 Å². The zero-order chi connectivity index (χ0) is 18.7. The number of aromatic nitrogens is 2. The van der Waals surface area contributed by atoms with Gasteiger partial charge in [-0.3, -0.25) is 9.78 Å². The topological polar surface area (TPSA) is 67.3 Å². The van der Waals surface area contributed by atoms with Crippen LogP contribution in [0.1, 0.15) is 31.2 Å². The fourth-order valence-corrected chi connectivity index (χ4v) is 4.01. The minimum absolute atomic E-state index is 0.142. The zero-order valence-corrected chi connectivity index (χ0v) is 15.7. The second-order valence-corrected chi connectivity index (χ2v) is 7.49. The third kappa shape index (κ3) is 3.61. The highest BCUT2D eigenvalue weighted by Gasteiger charge is 2.52. The van der Waals surface area contributed by atoms with Crippen molar-refractivity contribution in [2.24, 2.45) is 5.92 Å². The van der Waals surface area contributed by atoms with Crippen LogP contribution >= 0.6 is 0 Å². The quantitative estimate of drug-likeness (QED) is 0.851. The molecule has 1 N–H and O–H groups in total. The number of carbonyl (C=O) groups excluding carboxylic acids is 1. The minimum atomic E-state index is -0.396. The number of ether oxygens (including phenoxy) is 1. The molecular formula is C21H26N4O2. The van der Waals surface area contributed by atoms with Gasteiger partial charge in [-0.25, -0.2) is 4.98 Å². The second-order valence-electron chi connectivity index (χ2n) is 7.49. The molecule has 0 atom stereocenters. The first-order chi connectivity index (χ1) is 13.2. The highest BCUT2D eigenvalue weighted by Crippen LogP contribution is 2.51. The summed E-state index contributed by atoms with van der Waals surface area (Å²) in [6.07, 6.45) is 9.13. The fourth-order valence-electron chi connectivity index (χ4n) is 4.01. The smallest absolute Gasteiger partial charge is 0.230 e. The molecule has 1 saturated heterocycles. The Morgan fingerprint density at radius 2 is 2.04 bits per heavy atom. The van der Waals surface area contributed by atoms with Crippen LogP contribution in [-0.4, -0.2) is 42.6 Å². The van der Waals surface area contributed by atoms with Crippen molar-refractivity contribution < 1.29 is 9.53 Å². The molecule has 6 heteroatoms. The molecule has 1 aromatic carbocycles. The Bertz CT molecular complexity index is 784. The SMILES string of the molecule is COc1ccccc1C1(C(=O)NCC2CCN(c3cnccn3)CC2)CC1. The van der Waals surface area contributed by atoms with Crippen LogP contribution in [0.5, 0.6) is 5.75 Å². The summed E-state index contributed by atoms with van der Waals surface area (Å²) in [5.41, 5.74) is 0.620. The Morgan fingerprint density at radius 1 is 1.26 bits per heavy atom. The van der Waals surface area contributed by atoms with Crippen molar-refractivity contribution in [3.63, 3.8) is 0 Å². The average molecular weight is 366 g/mol. The summed E-state index contributed by atoms with van der Waals surface area (Å²) in [6, 6.07) is 7.88. The summed E-state index contributed by atoms with van der Waals surface area (Å²) in [7, 11) is 1.66. The van der Waals surface area contributed by atoms with Crippen LogP contribution in [0.15, 0.2) is 42.9 Å². The highest BCUT2D eigenvalue weighted by atomic mass is 16.5. The van der Waals surface area contributed by atoms with Gasteiger partial charge in [0.15, 0.2) is 0 Å². The summed E-state index contributed by atoms with van der Waals surface area (Å²) < 4.78 is 5.47. The average Bonchev–Trinajstić information content (AvgIpc) is 3.55. The van der Waals surface area contributed by atoms with E-state index >= 15 is 0 Å². The van der Waals surface area contributed by atoms with Crippen LogP contribution in [0.3, 0.4) is 0 Å². The molecule has 27 heavy (non-hydrogen) atoms. The van der Waals surface area contributed by atoms with Gasteiger partial charge in [0.1, 0.15) is 11.6 Å². The van der Waals surface area contributed by atoms with Crippen molar-refractivity contribution in [2.75, 3.05) is 31.6 Å². The maximum absolute atomic E-state index is 12.9. The maximum atomic E-state index is 12.9. The van der Waals surface area contributed by atoms with Crippen molar-refractivity contribution >= 4 is 11.7 Å². The molecule has 142 valence electrons. The number of nitrogens with one attached hydrogen (secondary N) is 1. The predicted molar refractivity (Wildman–Crippen MR) is 104 cm³/mol. The van der Waals surface area contributed by atoms with Gasteiger partial charge in [0.2, 0.25) is 5.91 Å². The molecule has 1 saturated carbocycles. The molecular weight excluding hydrogens is 340 g/mol. The number of para-hydroxylation sites is 1. The van der Waals surface area contributed by atoms with Gasteiger partial charge in [-0.1, -0.05) is 18.2 Å². The lowest BCUT2D eigenvalue weighted by atomic mass is 9.92. The third-order valence-electron chi connectivity index (χ3n) is 5.85. The molecule has 2 heterocycles. The van der Waals surface area contributed by atoms with Crippen molar-refractivity contribution in [3.05, 3.63) is 48.4 Å². The lowest BCUT2D eigenvalue weighted by molar-refractivity contribution is -0.123. The predicted octanol–water partition coefficient (Wildman–Crippen LogP) is 2.55. The number of hydrogen-bond acceptors (Lipinski definition) is 5. The van der Waals surface area contributed by atoms with Crippen LogP contribution in [0.2, 0.25) is 0 Å². The van der Waals surface area contributed by atoms with Gasteiger partial charge < -0.3 is 15.0 Å². The number of nitrogens with zero attached hydrogens (tertiary/aromatic N) is 3. The number of hydrogen-bond donors (Lipinski definition) is 1. The van der Waals surface area contributed by atoms with E-state index in [1.807, 2.05) is 30.5 Å². The standard InChI is InChI=1S/C21H26N4O2/c1-27-18-5-3-2-4-17(18)21(8-9-21)20(26)24-14-16-6-12-25(13-7-16)19-15-22-10-11-23-19/h2-5,10-11,15-16H,6-9,12-14H2,1H3,(H,24,26). The molecule has 1 aliphatic carbocycles. The van der Waals surface area contributed by atoms with Crippen molar-refractivity contribution in [1.29, 1.82) is 0 Å². The van der Waals surface area contributed by atoms with Gasteiger partial charge in [0, 0.05) is 37.6 Å². The van der Waals surface area contributed by atoms with Crippen LogP contribution < -0.4 is 15.0 Å². The van der Waals surface area contributed by atoms with Crippen molar-refractivity contribution in [3.8, 4) is 5.75 Å². The molecule has 2 aliphatic rings. The fraction of sp³-hybridized carbons (Fsp3) is 0.476. The first kappa shape index (κ1) is 17.8. The molecule has 0 spiro atoms. The number of amides is 1. The molecule has 1 amide bonds. The Morgan fingerprint density at radius 3 is 2.70 bits per heavy atom. The summed E-state index contributed by atoms with van der Waals surface area (Å²) in [5.74, 6) is 2.40. The highest BCUT2D eigenvalue weighted by molar-refractivity contribution is 5.92. The Kier molecular flexibility index (Phi) is 4.97. The van der Waals surface area contributed by atoms with E-state index in [2.05, 4.69) is 20.2 Å². The van der Waals surface area contributed by atoms with Gasteiger partial charge in [-0.05, 0) is 37.7 Å². The summed E-state index contributed by atoms with van der Waals surface area (Å²) in [6.45, 7) is 2.65. The van der Waals surface area contributed by atoms with E-state index in [0.717, 1.165) is 62.4 Å². The van der Waals surface area contributed by atoms with Gasteiger partial charge in [0.25, 0.3) is 0 Å². The largest absolute Gasteiger partial charge is 0.496 e. The van der Waals surface area contributed by atoms with Crippen LogP contribution in [0.25, 0.3) is 0 Å². The monoisotopic (exact) mass is 366 g/mol. The third-order valence-corrected chi connectivity index (χ3v) is 5.85. The van der Waals surface area contributed by atoms with E-state index in [9.17, 15) is 4.79 Å². The number of piperidine rings is 1. The van der Waals surface area contributed by atoms with E-state index in [1.54, 1.807) is 19.5 Å². The molecule has 0 radical (unpaired) electrons. The van der Waals surface area contributed by atoms with E-state index in [4.69, 9.17) is 4.74 Å². The molecule has 1 aliphatic heterocycles. The zero-order valence-electron chi connectivity index (χ0n) is 15.7. The number of rotatable bonds is 6. The van der Waals surface area contributed by atoms with Crippen LogP contribution in [0, 0.1) is 5.92 Å².